The fourth-order valence-electron chi connectivity index (χ4n) is 1.61. The molecule has 0 amide bonds. The highest BCUT2D eigenvalue weighted by Gasteiger charge is 2.12. The molecule has 0 aliphatic rings. The van der Waals surface area contributed by atoms with Gasteiger partial charge in [-0.05, 0) is 18.7 Å². The van der Waals surface area contributed by atoms with E-state index in [4.69, 9.17) is 0 Å². The summed E-state index contributed by atoms with van der Waals surface area (Å²) in [5.74, 6) is -0.233. The number of anilines is 2. The highest BCUT2D eigenvalue weighted by Crippen LogP contribution is 2.29. The van der Waals surface area contributed by atoms with E-state index in [2.05, 4.69) is 17.2 Å². The van der Waals surface area contributed by atoms with Crippen LogP contribution in [0.4, 0.5) is 15.2 Å². The van der Waals surface area contributed by atoms with Crippen molar-refractivity contribution in [3.63, 3.8) is 0 Å². The van der Waals surface area contributed by atoms with Gasteiger partial charge in [-0.3, -0.25) is 0 Å². The van der Waals surface area contributed by atoms with E-state index in [1.54, 1.807) is 28.4 Å². The maximum absolute atomic E-state index is 13.7. The first-order chi connectivity index (χ1) is 8.72. The van der Waals surface area contributed by atoms with Gasteiger partial charge in [0.1, 0.15) is 5.82 Å². The van der Waals surface area contributed by atoms with Crippen molar-refractivity contribution in [1.29, 1.82) is 0 Å². The van der Waals surface area contributed by atoms with Crippen molar-refractivity contribution in [3.8, 4) is 0 Å². The largest absolute Gasteiger partial charge is 0.318 e. The van der Waals surface area contributed by atoms with Crippen molar-refractivity contribution in [2.75, 3.05) is 18.5 Å². The molecule has 1 heterocycles. The van der Waals surface area contributed by atoms with Gasteiger partial charge in [-0.15, -0.1) is 11.3 Å². The highest BCUT2D eigenvalue weighted by atomic mass is 32.1. The summed E-state index contributed by atoms with van der Waals surface area (Å²) in [5.41, 5.74) is 0.543. The summed E-state index contributed by atoms with van der Waals surface area (Å²) in [5, 5.41) is 4.04. The molecule has 3 nitrogen and oxygen atoms in total. The molecule has 0 saturated carbocycles. The van der Waals surface area contributed by atoms with Crippen LogP contribution < -0.4 is 10.2 Å². The third kappa shape index (κ3) is 2.86. The van der Waals surface area contributed by atoms with E-state index in [0.29, 0.717) is 5.69 Å². The Kier molecular flexibility index (Phi) is 4.28. The fraction of sp³-hybridized carbons (Fsp3) is 0.308. The van der Waals surface area contributed by atoms with Crippen LogP contribution in [0, 0.1) is 5.82 Å². The quantitative estimate of drug-likeness (QED) is 0.900. The maximum atomic E-state index is 13.7. The Labute approximate surface area is 110 Å². The predicted molar refractivity (Wildman–Crippen MR) is 74.0 cm³/mol. The van der Waals surface area contributed by atoms with E-state index < -0.39 is 0 Å². The lowest BCUT2D eigenvalue weighted by Crippen LogP contribution is -2.11. The topological polar surface area (TPSA) is 28.2 Å². The second-order valence-electron chi connectivity index (χ2n) is 3.90. The number of rotatable bonds is 5. The van der Waals surface area contributed by atoms with E-state index in [-0.39, 0.29) is 5.82 Å². The molecule has 0 saturated heterocycles. The van der Waals surface area contributed by atoms with Crippen molar-refractivity contribution in [2.24, 2.45) is 0 Å². The van der Waals surface area contributed by atoms with Gasteiger partial charge in [0.2, 0.25) is 0 Å². The molecule has 0 fully saturated rings. The number of hydrogen-bond acceptors (Lipinski definition) is 4. The van der Waals surface area contributed by atoms with Gasteiger partial charge >= 0.3 is 0 Å². The summed E-state index contributed by atoms with van der Waals surface area (Å²) >= 11 is 1.57. The summed E-state index contributed by atoms with van der Waals surface area (Å²) < 4.78 is 13.7. The van der Waals surface area contributed by atoms with Crippen molar-refractivity contribution in [1.82, 2.24) is 10.3 Å². The number of para-hydroxylation sites is 1. The predicted octanol–water partition coefficient (Wildman–Crippen LogP) is 3.16. The lowest BCUT2D eigenvalue weighted by molar-refractivity contribution is 0.627. The zero-order chi connectivity index (χ0) is 13.0. The van der Waals surface area contributed by atoms with Gasteiger partial charge in [-0.25, -0.2) is 9.37 Å². The Hall–Kier alpha value is -1.46. The molecule has 18 heavy (non-hydrogen) atoms. The second-order valence-corrected chi connectivity index (χ2v) is 4.99. The molecular weight excluding hydrogens is 249 g/mol. The van der Waals surface area contributed by atoms with Crippen molar-refractivity contribution < 1.29 is 4.39 Å². The molecule has 5 heteroatoms. The van der Waals surface area contributed by atoms with Crippen LogP contribution >= 0.6 is 11.3 Å². The van der Waals surface area contributed by atoms with Gasteiger partial charge < -0.3 is 10.2 Å². The minimum absolute atomic E-state index is 0.233. The zero-order valence-corrected chi connectivity index (χ0v) is 11.3. The van der Waals surface area contributed by atoms with E-state index in [0.717, 1.165) is 23.1 Å². The lowest BCUT2D eigenvalue weighted by Gasteiger charge is -2.16. The van der Waals surface area contributed by atoms with Crippen molar-refractivity contribution >= 4 is 22.2 Å². The highest BCUT2D eigenvalue weighted by molar-refractivity contribution is 7.15. The first kappa shape index (κ1) is 13.0. The van der Waals surface area contributed by atoms with E-state index >= 15 is 0 Å². The van der Waals surface area contributed by atoms with Crippen LogP contribution in [-0.4, -0.2) is 18.6 Å². The van der Waals surface area contributed by atoms with Crippen LogP contribution in [0.1, 0.15) is 11.8 Å². The lowest BCUT2D eigenvalue weighted by atomic mass is 10.3. The number of nitrogens with one attached hydrogen (secondary N) is 1. The third-order valence-corrected chi connectivity index (χ3v) is 3.67. The fourth-order valence-corrected chi connectivity index (χ4v) is 2.46. The summed E-state index contributed by atoms with van der Waals surface area (Å²) in [7, 11) is 1.83. The first-order valence-corrected chi connectivity index (χ1v) is 6.67. The molecule has 1 aromatic heterocycles. The van der Waals surface area contributed by atoms with Gasteiger partial charge in [0.15, 0.2) is 5.13 Å². The molecule has 0 aliphatic heterocycles. The Bertz CT molecular complexity index is 512. The Balaban J connectivity index is 2.16. The molecule has 0 atom stereocenters. The minimum Gasteiger partial charge on any atom is -0.318 e. The molecule has 1 aromatic carbocycles. The van der Waals surface area contributed by atoms with E-state index in [1.807, 2.05) is 19.3 Å². The van der Waals surface area contributed by atoms with Gasteiger partial charge in [0, 0.05) is 24.7 Å². The SMILES string of the molecule is CCNCc1cnc(N(C)c2ccccc2F)s1. The second kappa shape index (κ2) is 5.93. The zero-order valence-electron chi connectivity index (χ0n) is 10.5. The Morgan fingerprint density at radius 1 is 1.39 bits per heavy atom. The molecule has 1 N–H and O–H groups in total. The average molecular weight is 265 g/mol. The summed E-state index contributed by atoms with van der Waals surface area (Å²) in [6.45, 7) is 3.79. The number of halogens is 1. The van der Waals surface area contributed by atoms with Gasteiger partial charge in [-0.1, -0.05) is 19.1 Å². The minimum atomic E-state index is -0.233. The molecule has 0 aliphatic carbocycles. The number of thiazole rings is 1. The standard InChI is InChI=1S/C13H16FN3S/c1-3-15-8-10-9-16-13(18-10)17(2)12-7-5-4-6-11(12)14/h4-7,9,15H,3,8H2,1-2H3. The molecule has 0 unspecified atom stereocenters. The normalized spacial score (nSPS) is 10.6. The maximum Gasteiger partial charge on any atom is 0.189 e. The number of benzene rings is 1. The Morgan fingerprint density at radius 3 is 2.89 bits per heavy atom. The molecule has 0 spiro atoms. The smallest absolute Gasteiger partial charge is 0.189 e. The van der Waals surface area contributed by atoms with Crippen LogP contribution in [0.25, 0.3) is 0 Å². The molecular formula is C13H16FN3S. The summed E-state index contributed by atoms with van der Waals surface area (Å²) in [6.07, 6.45) is 1.83. The first-order valence-electron chi connectivity index (χ1n) is 5.86. The average Bonchev–Trinajstić information content (AvgIpc) is 2.85. The molecule has 96 valence electrons. The van der Waals surface area contributed by atoms with Gasteiger partial charge in [0.25, 0.3) is 0 Å². The summed E-state index contributed by atoms with van der Waals surface area (Å²) in [6, 6.07) is 6.72. The van der Waals surface area contributed by atoms with Crippen molar-refractivity contribution in [3.05, 3.63) is 41.2 Å². The van der Waals surface area contributed by atoms with Crippen LogP contribution in [-0.2, 0) is 6.54 Å². The monoisotopic (exact) mass is 265 g/mol. The van der Waals surface area contributed by atoms with Gasteiger partial charge in [-0.2, -0.15) is 0 Å². The van der Waals surface area contributed by atoms with Crippen LogP contribution in [0.3, 0.4) is 0 Å². The molecule has 2 aromatic rings. The molecule has 0 radical (unpaired) electrons. The number of nitrogens with zero attached hydrogens (tertiary/aromatic N) is 2. The number of aromatic nitrogens is 1. The van der Waals surface area contributed by atoms with Crippen molar-refractivity contribution in [2.45, 2.75) is 13.5 Å². The van der Waals surface area contributed by atoms with Gasteiger partial charge in [0.05, 0.1) is 5.69 Å². The summed E-state index contributed by atoms with van der Waals surface area (Å²) in [4.78, 5) is 7.25. The third-order valence-electron chi connectivity index (χ3n) is 2.59. The van der Waals surface area contributed by atoms with E-state index in [1.165, 1.54) is 6.07 Å². The van der Waals surface area contributed by atoms with Crippen LogP contribution in [0.15, 0.2) is 30.5 Å². The van der Waals surface area contributed by atoms with Crippen LogP contribution in [0.5, 0.6) is 0 Å². The van der Waals surface area contributed by atoms with Crippen LogP contribution in [0.2, 0.25) is 0 Å². The van der Waals surface area contributed by atoms with E-state index in [9.17, 15) is 4.39 Å². The molecule has 2 rings (SSSR count). The number of hydrogen-bond donors (Lipinski definition) is 1. The Morgan fingerprint density at radius 2 is 2.17 bits per heavy atom. The molecule has 0 bridgehead atoms.